The number of hydrogen-bond donors (Lipinski definition) is 0. The highest BCUT2D eigenvalue weighted by molar-refractivity contribution is 7.99. The Hall–Kier alpha value is -3.93. The number of rotatable bonds is 7. The second kappa shape index (κ2) is 10.4. The van der Waals surface area contributed by atoms with Crippen molar-refractivity contribution in [2.45, 2.75) is 25.4 Å². The van der Waals surface area contributed by atoms with E-state index in [4.69, 9.17) is 19.4 Å². The van der Waals surface area contributed by atoms with Gasteiger partial charge in [-0.3, -0.25) is 14.9 Å². The molecule has 0 N–H and O–H groups in total. The number of aromatic nitrogens is 4. The minimum absolute atomic E-state index is 0.0161. The van der Waals surface area contributed by atoms with E-state index < -0.39 is 4.92 Å². The number of fused-ring (bicyclic) bond motifs is 3. The van der Waals surface area contributed by atoms with Crippen molar-refractivity contribution in [3.05, 3.63) is 46.5 Å². The Morgan fingerprint density at radius 2 is 1.74 bits per heavy atom. The summed E-state index contributed by atoms with van der Waals surface area (Å²) in [5.41, 5.74) is 1.75. The lowest BCUT2D eigenvalue weighted by Crippen LogP contribution is -2.43. The number of amides is 1. The first kappa shape index (κ1) is 25.7. The highest BCUT2D eigenvalue weighted by atomic mass is 32.2. The molecule has 2 aromatic carbocycles. The van der Waals surface area contributed by atoms with E-state index in [9.17, 15) is 14.9 Å². The van der Waals surface area contributed by atoms with Crippen LogP contribution < -0.4 is 9.47 Å². The van der Waals surface area contributed by atoms with Crippen molar-refractivity contribution < 1.29 is 19.2 Å². The smallest absolute Gasteiger partial charge is 0.269 e. The monoisotopic (exact) mass is 536 g/mol. The number of hydrogen-bond acceptors (Lipinski definition) is 9. The van der Waals surface area contributed by atoms with Gasteiger partial charge in [-0.2, -0.15) is 4.52 Å². The fraction of sp³-hybridized carbons (Fsp3) is 0.385. The molecule has 198 valence electrons. The van der Waals surface area contributed by atoms with Gasteiger partial charge in [0.2, 0.25) is 5.91 Å². The topological polar surface area (TPSA) is 125 Å². The Bertz CT molecular complexity index is 1510. The Balaban J connectivity index is 1.56. The maximum atomic E-state index is 13.1. The largest absolute Gasteiger partial charge is 0.493 e. The predicted octanol–water partition coefficient (Wildman–Crippen LogP) is 4.47. The zero-order chi connectivity index (χ0) is 27.0. The van der Waals surface area contributed by atoms with Crippen molar-refractivity contribution in [2.75, 3.05) is 33.1 Å². The summed E-state index contributed by atoms with van der Waals surface area (Å²) in [5.74, 6) is 2.65. The summed E-state index contributed by atoms with van der Waals surface area (Å²) in [6, 6.07) is 9.62. The summed E-state index contributed by atoms with van der Waals surface area (Å²) in [6.07, 6.45) is 1.12. The number of nitro groups is 1. The van der Waals surface area contributed by atoms with Crippen LogP contribution in [0.2, 0.25) is 0 Å². The van der Waals surface area contributed by atoms with Crippen molar-refractivity contribution >= 4 is 39.9 Å². The van der Waals surface area contributed by atoms with Gasteiger partial charge in [0, 0.05) is 42.2 Å². The van der Waals surface area contributed by atoms with Crippen LogP contribution in [0.3, 0.4) is 0 Å². The molecule has 2 aromatic heterocycles. The van der Waals surface area contributed by atoms with E-state index in [2.05, 4.69) is 18.9 Å². The van der Waals surface area contributed by atoms with Gasteiger partial charge in [-0.05, 0) is 36.5 Å². The van der Waals surface area contributed by atoms with E-state index in [0.29, 0.717) is 56.4 Å². The van der Waals surface area contributed by atoms with E-state index in [1.807, 2.05) is 4.90 Å². The average Bonchev–Trinajstić information content (AvgIpc) is 3.36. The summed E-state index contributed by atoms with van der Waals surface area (Å²) in [6.45, 7) is 5.87. The van der Waals surface area contributed by atoms with Crippen LogP contribution in [0.15, 0.2) is 41.6 Å². The number of nitrogens with zero attached hydrogens (tertiary/aromatic N) is 6. The molecule has 12 heteroatoms. The number of ether oxygens (including phenoxy) is 2. The molecule has 1 fully saturated rings. The van der Waals surface area contributed by atoms with Crippen molar-refractivity contribution in [1.29, 1.82) is 0 Å². The van der Waals surface area contributed by atoms with E-state index in [0.717, 1.165) is 19.5 Å². The molecular weight excluding hydrogens is 508 g/mol. The van der Waals surface area contributed by atoms with Crippen LogP contribution in [0.5, 0.6) is 11.5 Å². The van der Waals surface area contributed by atoms with Crippen molar-refractivity contribution in [3.63, 3.8) is 0 Å². The summed E-state index contributed by atoms with van der Waals surface area (Å²) in [5, 5.41) is 17.0. The molecule has 0 saturated carbocycles. The minimum atomic E-state index is -0.451. The van der Waals surface area contributed by atoms with E-state index >= 15 is 0 Å². The van der Waals surface area contributed by atoms with Gasteiger partial charge < -0.3 is 14.4 Å². The Morgan fingerprint density at radius 3 is 2.37 bits per heavy atom. The van der Waals surface area contributed by atoms with Crippen molar-refractivity contribution in [2.24, 2.45) is 11.8 Å². The van der Waals surface area contributed by atoms with Gasteiger partial charge in [-0.1, -0.05) is 25.6 Å². The molecule has 0 bridgehead atoms. The maximum Gasteiger partial charge on any atom is 0.269 e. The third-order valence-corrected chi connectivity index (χ3v) is 7.54. The van der Waals surface area contributed by atoms with Crippen LogP contribution in [-0.4, -0.2) is 68.4 Å². The number of carbonyl (C=O) groups is 1. The van der Waals surface area contributed by atoms with E-state index in [1.165, 1.54) is 23.9 Å². The van der Waals surface area contributed by atoms with Gasteiger partial charge in [0.25, 0.3) is 5.69 Å². The second-order valence-corrected chi connectivity index (χ2v) is 10.6. The van der Waals surface area contributed by atoms with Gasteiger partial charge in [0.05, 0.1) is 30.4 Å². The molecular formula is C26H28N6O5S. The minimum Gasteiger partial charge on any atom is -0.493 e. The number of non-ortho nitro benzene ring substituents is 1. The molecule has 1 aliphatic rings. The van der Waals surface area contributed by atoms with E-state index in [-0.39, 0.29) is 17.3 Å². The van der Waals surface area contributed by atoms with Crippen molar-refractivity contribution in [1.82, 2.24) is 24.5 Å². The quantitative estimate of drug-likeness (QED) is 0.146. The number of benzene rings is 2. The Morgan fingerprint density at radius 1 is 1.08 bits per heavy atom. The molecule has 4 aromatic rings. The number of piperidine rings is 1. The predicted molar refractivity (Wildman–Crippen MR) is 144 cm³/mol. The standard InChI is InChI=1S/C26H28N6O5S/c1-15-9-16(2)13-30(12-15)23(33)14-38-26-27-20-11-22(37-4)21(36-3)10-19(20)25-28-24(29-31(25)26)17-5-7-18(8-6-17)32(34)35/h5-8,10-11,15-16H,9,12-14H2,1-4H3. The molecule has 1 amide bonds. The molecule has 5 rings (SSSR count). The summed E-state index contributed by atoms with van der Waals surface area (Å²) in [4.78, 5) is 35.2. The second-order valence-electron chi connectivity index (χ2n) is 9.63. The molecule has 3 heterocycles. The molecule has 1 saturated heterocycles. The lowest BCUT2D eigenvalue weighted by molar-refractivity contribution is -0.384. The lowest BCUT2D eigenvalue weighted by Gasteiger charge is -2.34. The number of carbonyl (C=O) groups excluding carboxylic acids is 1. The summed E-state index contributed by atoms with van der Waals surface area (Å²) in [7, 11) is 3.11. The molecule has 0 spiro atoms. The van der Waals surface area contributed by atoms with Crippen LogP contribution in [0.4, 0.5) is 5.69 Å². The molecule has 0 aliphatic carbocycles. The first-order valence-electron chi connectivity index (χ1n) is 12.2. The summed E-state index contributed by atoms with van der Waals surface area (Å²) < 4.78 is 12.6. The van der Waals surface area contributed by atoms with Crippen LogP contribution >= 0.6 is 11.8 Å². The fourth-order valence-corrected chi connectivity index (χ4v) is 5.79. The maximum absolute atomic E-state index is 13.1. The number of likely N-dealkylation sites (tertiary alicyclic amines) is 1. The molecule has 11 nitrogen and oxygen atoms in total. The lowest BCUT2D eigenvalue weighted by atomic mass is 9.92. The Labute approximate surface area is 223 Å². The Kier molecular flexibility index (Phi) is 7.06. The van der Waals surface area contributed by atoms with Crippen LogP contribution in [0.1, 0.15) is 20.3 Å². The third kappa shape index (κ3) is 4.95. The zero-order valence-electron chi connectivity index (χ0n) is 21.6. The van der Waals surface area contributed by atoms with Gasteiger partial charge in [0.1, 0.15) is 0 Å². The normalized spacial score (nSPS) is 17.6. The number of nitro benzene ring substituents is 1. The van der Waals surface area contributed by atoms with Gasteiger partial charge in [-0.25, -0.2) is 9.97 Å². The van der Waals surface area contributed by atoms with E-state index in [1.54, 1.807) is 43.0 Å². The molecule has 2 atom stereocenters. The molecule has 1 aliphatic heterocycles. The first-order valence-corrected chi connectivity index (χ1v) is 13.2. The van der Waals surface area contributed by atoms with Gasteiger partial charge in [0.15, 0.2) is 28.1 Å². The zero-order valence-corrected chi connectivity index (χ0v) is 22.4. The molecule has 0 radical (unpaired) electrons. The van der Waals surface area contributed by atoms with Crippen molar-refractivity contribution in [3.8, 4) is 22.9 Å². The van der Waals surface area contributed by atoms with Gasteiger partial charge >= 0.3 is 0 Å². The first-order chi connectivity index (χ1) is 18.3. The highest BCUT2D eigenvalue weighted by Crippen LogP contribution is 2.35. The third-order valence-electron chi connectivity index (χ3n) is 6.63. The molecule has 38 heavy (non-hydrogen) atoms. The number of thioether (sulfide) groups is 1. The fourth-order valence-electron chi connectivity index (χ4n) is 4.94. The van der Waals surface area contributed by atoms with Crippen LogP contribution in [0.25, 0.3) is 27.9 Å². The molecule has 2 unspecified atom stereocenters. The highest BCUT2D eigenvalue weighted by Gasteiger charge is 2.26. The van der Waals surface area contributed by atoms with Crippen LogP contribution in [0, 0.1) is 22.0 Å². The van der Waals surface area contributed by atoms with Gasteiger partial charge in [-0.15, -0.1) is 5.10 Å². The average molecular weight is 537 g/mol. The number of methoxy groups -OCH3 is 2. The van der Waals surface area contributed by atoms with Crippen LogP contribution in [-0.2, 0) is 4.79 Å². The summed E-state index contributed by atoms with van der Waals surface area (Å²) >= 11 is 1.30. The SMILES string of the molecule is COc1cc2nc(SCC(=O)N3CC(C)CC(C)C3)n3nc(-c4ccc([N+](=O)[O-])cc4)nc3c2cc1OC.